The minimum atomic E-state index is -1.13. The maximum absolute atomic E-state index is 11.0. The third kappa shape index (κ3) is 1.88. The molecule has 3 rings (SSSR count). The van der Waals surface area contributed by atoms with Crippen molar-refractivity contribution in [2.45, 2.75) is 0 Å². The molecule has 0 bridgehead atoms. The molecule has 18 heavy (non-hydrogen) atoms. The monoisotopic (exact) mass is 250 g/mol. The topological polar surface area (TPSA) is 73.3 Å². The molecule has 0 spiro atoms. The van der Waals surface area contributed by atoms with Gasteiger partial charge in [-0.25, -0.2) is 4.79 Å². The molecule has 85 valence electrons. The van der Waals surface area contributed by atoms with Crippen molar-refractivity contribution in [1.29, 1.82) is 0 Å². The third-order valence-electron chi connectivity index (χ3n) is 2.85. The first-order valence-corrected chi connectivity index (χ1v) is 5.13. The van der Waals surface area contributed by atoms with Gasteiger partial charge in [-0.2, -0.15) is 0 Å². The molecule has 1 radical (unpaired) electrons. The van der Waals surface area contributed by atoms with Crippen LogP contribution in [0.2, 0.25) is 0 Å². The summed E-state index contributed by atoms with van der Waals surface area (Å²) >= 11 is 0. The summed E-state index contributed by atoms with van der Waals surface area (Å²) in [5.41, 5.74) is 1.57. The molecule has 5 heteroatoms. The van der Waals surface area contributed by atoms with Gasteiger partial charge in [0.2, 0.25) is 0 Å². The molecule has 3 N–H and O–H groups in total. The summed E-state index contributed by atoms with van der Waals surface area (Å²) in [4.78, 5) is 14.1. The van der Waals surface area contributed by atoms with E-state index in [0.717, 1.165) is 21.8 Å². The summed E-state index contributed by atoms with van der Waals surface area (Å²) in [6.45, 7) is 0. The van der Waals surface area contributed by atoms with Crippen molar-refractivity contribution in [3.63, 3.8) is 0 Å². The van der Waals surface area contributed by atoms with Crippen LogP contribution in [0.1, 0.15) is 10.4 Å². The molecule has 1 aromatic heterocycles. The van der Waals surface area contributed by atoms with Crippen LogP contribution < -0.4 is 0 Å². The van der Waals surface area contributed by atoms with Crippen LogP contribution in [0.15, 0.2) is 36.4 Å². The largest absolute Gasteiger partial charge is 0.507 e. The minimum Gasteiger partial charge on any atom is -0.507 e. The average molecular weight is 250 g/mol. The van der Waals surface area contributed by atoms with Crippen molar-refractivity contribution in [3.8, 4) is 5.75 Å². The average Bonchev–Trinajstić information content (AvgIpc) is 2.64. The van der Waals surface area contributed by atoms with Gasteiger partial charge in [-0.3, -0.25) is 0 Å². The number of aromatic amines is 1. The molecule has 0 saturated carbocycles. The van der Waals surface area contributed by atoms with Gasteiger partial charge in [0.25, 0.3) is 0 Å². The fraction of sp³-hybridized carbons (Fsp3) is 0. The van der Waals surface area contributed by atoms with Crippen LogP contribution in [-0.4, -0.2) is 50.7 Å². The van der Waals surface area contributed by atoms with Crippen LogP contribution in [0.3, 0.4) is 0 Å². The van der Waals surface area contributed by atoms with Gasteiger partial charge in [-0.15, -0.1) is 0 Å². The third-order valence-corrected chi connectivity index (χ3v) is 2.85. The fourth-order valence-corrected chi connectivity index (χ4v) is 2.06. The van der Waals surface area contributed by atoms with E-state index in [1.807, 2.05) is 24.3 Å². The molecule has 2 aromatic carbocycles. The van der Waals surface area contributed by atoms with E-state index in [9.17, 15) is 9.90 Å². The van der Waals surface area contributed by atoms with E-state index in [1.54, 1.807) is 0 Å². The summed E-state index contributed by atoms with van der Waals surface area (Å²) in [6, 6.07) is 10.5. The van der Waals surface area contributed by atoms with Crippen LogP contribution >= 0.6 is 0 Å². The predicted octanol–water partition coefficient (Wildman–Crippen LogP) is 2.34. The zero-order valence-electron chi connectivity index (χ0n) is 9.77. The van der Waals surface area contributed by atoms with Gasteiger partial charge in [0.15, 0.2) is 0 Å². The first-order chi connectivity index (χ1) is 8.16. The number of rotatable bonds is 1. The number of carbonyl (C=O) groups is 1. The molecular formula is C13H9NNaO3. The Hall–Kier alpha value is -1.49. The van der Waals surface area contributed by atoms with Crippen molar-refractivity contribution < 1.29 is 15.0 Å². The van der Waals surface area contributed by atoms with Crippen molar-refractivity contribution in [2.75, 3.05) is 0 Å². The van der Waals surface area contributed by atoms with Crippen LogP contribution in [-0.2, 0) is 0 Å². The van der Waals surface area contributed by atoms with Crippen LogP contribution in [0, 0.1) is 0 Å². The molecule has 1 heterocycles. The standard InChI is InChI=1S/C13H9NO3.Na/c15-12-6-11-8(5-9(12)13(16)17)7-3-1-2-4-10(7)14-11;/h1-6,14-15H,(H,16,17);. The van der Waals surface area contributed by atoms with Crippen LogP contribution in [0.25, 0.3) is 21.8 Å². The zero-order chi connectivity index (χ0) is 12.0. The summed E-state index contributed by atoms with van der Waals surface area (Å²) in [5, 5.41) is 20.3. The number of carboxylic acids is 1. The van der Waals surface area contributed by atoms with Gasteiger partial charge < -0.3 is 15.2 Å². The maximum atomic E-state index is 11.0. The summed E-state index contributed by atoms with van der Waals surface area (Å²) < 4.78 is 0. The van der Waals surface area contributed by atoms with Gasteiger partial charge in [0, 0.05) is 51.9 Å². The van der Waals surface area contributed by atoms with Gasteiger partial charge >= 0.3 is 5.97 Å². The Kier molecular flexibility index (Phi) is 3.34. The number of carboxylic acid groups (broad SMARTS) is 1. The predicted molar refractivity (Wildman–Crippen MR) is 70.2 cm³/mol. The fourth-order valence-electron chi connectivity index (χ4n) is 2.06. The number of aromatic hydroxyl groups is 1. The van der Waals surface area contributed by atoms with Gasteiger partial charge in [0.1, 0.15) is 11.3 Å². The normalized spacial score (nSPS) is 10.4. The first-order valence-electron chi connectivity index (χ1n) is 5.13. The van der Waals surface area contributed by atoms with E-state index in [0.29, 0.717) is 0 Å². The number of para-hydroxylation sites is 1. The van der Waals surface area contributed by atoms with E-state index < -0.39 is 5.97 Å². The van der Waals surface area contributed by atoms with E-state index in [-0.39, 0.29) is 40.9 Å². The molecule has 0 fully saturated rings. The SMILES string of the molecule is O=C(O)c1cc2c(cc1O)[nH]c1ccccc12.[Na]. The number of aromatic carboxylic acids is 1. The smallest absolute Gasteiger partial charge is 0.339 e. The molecule has 0 amide bonds. The number of phenols is 1. The summed E-state index contributed by atoms with van der Waals surface area (Å²) in [6.07, 6.45) is 0. The van der Waals surface area contributed by atoms with Gasteiger partial charge in [-0.1, -0.05) is 18.2 Å². The van der Waals surface area contributed by atoms with Crippen molar-refractivity contribution in [2.24, 2.45) is 0 Å². The van der Waals surface area contributed by atoms with Gasteiger partial charge in [0.05, 0.1) is 5.52 Å². The summed E-state index contributed by atoms with van der Waals surface area (Å²) in [5.74, 6) is -1.36. The Morgan fingerprint density at radius 1 is 1.06 bits per heavy atom. The van der Waals surface area contributed by atoms with Crippen LogP contribution in [0.4, 0.5) is 0 Å². The number of hydrogen-bond donors (Lipinski definition) is 3. The molecule has 4 nitrogen and oxygen atoms in total. The quantitative estimate of drug-likeness (QED) is 0.580. The number of aromatic nitrogens is 1. The Morgan fingerprint density at radius 3 is 2.50 bits per heavy atom. The molecule has 0 atom stereocenters. The molecule has 0 unspecified atom stereocenters. The minimum absolute atomic E-state index is 0. The number of nitrogens with one attached hydrogen (secondary N) is 1. The maximum Gasteiger partial charge on any atom is 0.339 e. The number of benzene rings is 2. The Bertz CT molecular complexity index is 748. The molecule has 0 aliphatic rings. The summed E-state index contributed by atoms with van der Waals surface area (Å²) in [7, 11) is 0. The second-order valence-electron chi connectivity index (χ2n) is 3.89. The van der Waals surface area contributed by atoms with Gasteiger partial charge in [-0.05, 0) is 12.1 Å². The van der Waals surface area contributed by atoms with E-state index in [1.165, 1.54) is 12.1 Å². The second kappa shape index (κ2) is 4.65. The van der Waals surface area contributed by atoms with Crippen LogP contribution in [0.5, 0.6) is 5.75 Å². The Balaban J connectivity index is 0.00000120. The Labute approximate surface area is 125 Å². The second-order valence-corrected chi connectivity index (χ2v) is 3.89. The van der Waals surface area contributed by atoms with Crippen molar-refractivity contribution >= 4 is 57.3 Å². The number of hydrogen-bond acceptors (Lipinski definition) is 2. The Morgan fingerprint density at radius 2 is 1.78 bits per heavy atom. The zero-order valence-corrected chi connectivity index (χ0v) is 11.8. The molecule has 0 saturated heterocycles. The molecule has 3 aromatic rings. The number of H-pyrrole nitrogens is 1. The van der Waals surface area contributed by atoms with E-state index in [4.69, 9.17) is 5.11 Å². The van der Waals surface area contributed by atoms with Crippen molar-refractivity contribution in [3.05, 3.63) is 42.0 Å². The van der Waals surface area contributed by atoms with E-state index >= 15 is 0 Å². The van der Waals surface area contributed by atoms with Crippen molar-refractivity contribution in [1.82, 2.24) is 4.98 Å². The molecule has 0 aliphatic carbocycles. The molecular weight excluding hydrogens is 241 g/mol. The molecule has 0 aliphatic heterocycles. The number of fused-ring (bicyclic) bond motifs is 3. The first kappa shape index (κ1) is 13.0. The van der Waals surface area contributed by atoms with E-state index in [2.05, 4.69) is 4.98 Å².